The molecule has 0 atom stereocenters. The van der Waals surface area contributed by atoms with Crippen LogP contribution in [-0.4, -0.2) is 0 Å². The summed E-state index contributed by atoms with van der Waals surface area (Å²) in [5, 5.41) is 12.6. The predicted octanol–water partition coefficient (Wildman–Crippen LogP) is 12.4. The predicted molar refractivity (Wildman–Crippen MR) is 195 cm³/mol. The van der Waals surface area contributed by atoms with Gasteiger partial charge in [-0.3, -0.25) is 0 Å². The highest BCUT2D eigenvalue weighted by Crippen LogP contribution is 2.41. The van der Waals surface area contributed by atoms with Crippen LogP contribution in [0, 0.1) is 11.3 Å². The van der Waals surface area contributed by atoms with E-state index in [0.29, 0.717) is 5.56 Å². The maximum absolute atomic E-state index is 10.0. The Kier molecular flexibility index (Phi) is 7.11. The topological polar surface area (TPSA) is 27.0 Å². The molecule has 2 nitrogen and oxygen atoms in total. The van der Waals surface area contributed by atoms with E-state index in [1.54, 1.807) is 0 Å². The molecule has 0 unspecified atom stereocenters. The quantitative estimate of drug-likeness (QED) is 0.189. The number of nitrogens with zero attached hydrogens (tertiary/aromatic N) is 2. The first-order chi connectivity index (χ1) is 22.7. The SMILES string of the molecule is N#Cc1cc(-c2cccc(-c3ccc(N(c4ccccc4)c4ccccc4)cc3)c2)cc(-c2cccc3c2sc2ccccc23)c1. The number of para-hydroxylation sites is 2. The highest BCUT2D eigenvalue weighted by molar-refractivity contribution is 7.26. The van der Waals surface area contributed by atoms with E-state index in [4.69, 9.17) is 0 Å². The Hall–Kier alpha value is -5.95. The van der Waals surface area contributed by atoms with Gasteiger partial charge in [0.1, 0.15) is 0 Å². The Labute approximate surface area is 272 Å². The third-order valence-corrected chi connectivity index (χ3v) is 9.68. The van der Waals surface area contributed by atoms with Crippen molar-refractivity contribution in [3.05, 3.63) is 175 Å². The van der Waals surface area contributed by atoms with E-state index in [-0.39, 0.29) is 0 Å². The van der Waals surface area contributed by atoms with Crippen LogP contribution in [-0.2, 0) is 0 Å². The second-order valence-electron chi connectivity index (χ2n) is 11.3. The first kappa shape index (κ1) is 27.6. The van der Waals surface area contributed by atoms with Crippen LogP contribution < -0.4 is 4.90 Å². The lowest BCUT2D eigenvalue weighted by atomic mass is 9.94. The summed E-state index contributed by atoms with van der Waals surface area (Å²) in [6, 6.07) is 61.9. The highest BCUT2D eigenvalue weighted by atomic mass is 32.1. The molecule has 0 spiro atoms. The number of rotatable bonds is 6. The molecule has 3 heteroatoms. The number of nitriles is 1. The van der Waals surface area contributed by atoms with Gasteiger partial charge in [-0.2, -0.15) is 5.26 Å². The van der Waals surface area contributed by atoms with Gasteiger partial charge in [0, 0.05) is 37.2 Å². The van der Waals surface area contributed by atoms with Crippen LogP contribution in [0.5, 0.6) is 0 Å². The van der Waals surface area contributed by atoms with Crippen molar-refractivity contribution in [3.8, 4) is 39.4 Å². The average Bonchev–Trinajstić information content (AvgIpc) is 3.52. The smallest absolute Gasteiger partial charge is 0.0992 e. The molecule has 46 heavy (non-hydrogen) atoms. The van der Waals surface area contributed by atoms with Gasteiger partial charge in [0.25, 0.3) is 0 Å². The Bertz CT molecular complexity index is 2330. The molecule has 0 aliphatic carbocycles. The van der Waals surface area contributed by atoms with Crippen LogP contribution in [0.15, 0.2) is 170 Å². The third-order valence-electron chi connectivity index (χ3n) is 8.46. The van der Waals surface area contributed by atoms with Gasteiger partial charge < -0.3 is 4.90 Å². The largest absolute Gasteiger partial charge is 0.311 e. The minimum Gasteiger partial charge on any atom is -0.311 e. The van der Waals surface area contributed by atoms with Crippen molar-refractivity contribution in [2.45, 2.75) is 0 Å². The fraction of sp³-hybridized carbons (Fsp3) is 0. The lowest BCUT2D eigenvalue weighted by Gasteiger charge is -2.25. The van der Waals surface area contributed by atoms with Gasteiger partial charge in [0.15, 0.2) is 0 Å². The van der Waals surface area contributed by atoms with E-state index in [1.165, 1.54) is 20.2 Å². The summed E-state index contributed by atoms with van der Waals surface area (Å²) < 4.78 is 2.52. The summed E-state index contributed by atoms with van der Waals surface area (Å²) in [6.45, 7) is 0. The zero-order valence-electron chi connectivity index (χ0n) is 25.0. The number of fused-ring (bicyclic) bond motifs is 3. The molecule has 1 aromatic heterocycles. The Balaban J connectivity index is 1.17. The molecular weight excluding hydrogens is 577 g/mol. The molecule has 0 aliphatic heterocycles. The summed E-state index contributed by atoms with van der Waals surface area (Å²) in [7, 11) is 0. The van der Waals surface area contributed by atoms with Crippen molar-refractivity contribution >= 4 is 48.6 Å². The summed E-state index contributed by atoms with van der Waals surface area (Å²) in [5.74, 6) is 0. The van der Waals surface area contributed by atoms with Crippen LogP contribution in [0.3, 0.4) is 0 Å². The fourth-order valence-electron chi connectivity index (χ4n) is 6.27. The molecule has 0 saturated carbocycles. The van der Waals surface area contributed by atoms with Crippen molar-refractivity contribution in [3.63, 3.8) is 0 Å². The lowest BCUT2D eigenvalue weighted by Crippen LogP contribution is -2.09. The first-order valence-electron chi connectivity index (χ1n) is 15.3. The fourth-order valence-corrected chi connectivity index (χ4v) is 7.51. The molecule has 1 heterocycles. The van der Waals surface area contributed by atoms with Crippen molar-refractivity contribution in [2.75, 3.05) is 4.90 Å². The molecule has 0 radical (unpaired) electrons. The maximum atomic E-state index is 10.0. The molecule has 8 rings (SSSR count). The molecule has 0 fully saturated rings. The van der Waals surface area contributed by atoms with Crippen molar-refractivity contribution < 1.29 is 0 Å². The van der Waals surface area contributed by atoms with Gasteiger partial charge in [-0.1, -0.05) is 103 Å². The number of hydrogen-bond acceptors (Lipinski definition) is 3. The monoisotopic (exact) mass is 604 g/mol. The van der Waals surface area contributed by atoms with Gasteiger partial charge in [-0.05, 0) is 100 Å². The van der Waals surface area contributed by atoms with E-state index in [1.807, 2.05) is 35.6 Å². The molecular formula is C43H28N2S. The number of benzene rings is 7. The Morgan fingerprint density at radius 3 is 1.72 bits per heavy atom. The first-order valence-corrected chi connectivity index (χ1v) is 16.1. The summed E-state index contributed by atoms with van der Waals surface area (Å²) in [4.78, 5) is 2.27. The van der Waals surface area contributed by atoms with Gasteiger partial charge in [-0.25, -0.2) is 0 Å². The minimum absolute atomic E-state index is 0.655. The van der Waals surface area contributed by atoms with Crippen molar-refractivity contribution in [1.82, 2.24) is 0 Å². The summed E-state index contributed by atoms with van der Waals surface area (Å²) in [5.41, 5.74) is 10.6. The second kappa shape index (κ2) is 11.9. The van der Waals surface area contributed by atoms with Gasteiger partial charge in [-0.15, -0.1) is 11.3 Å². The Morgan fingerprint density at radius 2 is 1.00 bits per heavy atom. The highest BCUT2D eigenvalue weighted by Gasteiger charge is 2.14. The average molecular weight is 605 g/mol. The molecule has 0 N–H and O–H groups in total. The van der Waals surface area contributed by atoms with Gasteiger partial charge >= 0.3 is 0 Å². The Morgan fingerprint density at radius 1 is 0.435 bits per heavy atom. The van der Waals surface area contributed by atoms with Crippen LogP contribution in [0.4, 0.5) is 17.1 Å². The van der Waals surface area contributed by atoms with Crippen LogP contribution in [0.1, 0.15) is 5.56 Å². The van der Waals surface area contributed by atoms with E-state index < -0.39 is 0 Å². The number of thiophene rings is 1. The molecule has 0 bridgehead atoms. The third kappa shape index (κ3) is 5.12. The standard InChI is InChI=1S/C43H28N2S/c44-29-30-25-34(28-35(26-30)39-18-10-19-41-40-17-7-8-20-42(40)46-43(39)41)33-12-9-11-32(27-33)31-21-23-38(24-22-31)45(36-13-3-1-4-14-36)37-15-5-2-6-16-37/h1-28H. The molecule has 0 amide bonds. The van der Waals surface area contributed by atoms with E-state index in [0.717, 1.165) is 50.4 Å². The van der Waals surface area contributed by atoms with Crippen LogP contribution in [0.25, 0.3) is 53.6 Å². The van der Waals surface area contributed by atoms with Gasteiger partial charge in [0.05, 0.1) is 11.6 Å². The summed E-state index contributed by atoms with van der Waals surface area (Å²) in [6.07, 6.45) is 0. The second-order valence-corrected chi connectivity index (χ2v) is 12.4. The molecule has 0 aliphatic rings. The van der Waals surface area contributed by atoms with Crippen LogP contribution in [0.2, 0.25) is 0 Å². The lowest BCUT2D eigenvalue weighted by molar-refractivity contribution is 1.28. The van der Waals surface area contributed by atoms with Crippen molar-refractivity contribution in [1.29, 1.82) is 5.26 Å². The van der Waals surface area contributed by atoms with E-state index >= 15 is 0 Å². The molecule has 8 aromatic rings. The van der Waals surface area contributed by atoms with Crippen molar-refractivity contribution in [2.24, 2.45) is 0 Å². The maximum Gasteiger partial charge on any atom is 0.0992 e. The summed E-state index contributed by atoms with van der Waals surface area (Å²) >= 11 is 1.81. The van der Waals surface area contributed by atoms with Crippen LogP contribution >= 0.6 is 11.3 Å². The zero-order chi connectivity index (χ0) is 30.9. The van der Waals surface area contributed by atoms with E-state index in [2.05, 4.69) is 157 Å². The number of hydrogen-bond donors (Lipinski definition) is 0. The zero-order valence-corrected chi connectivity index (χ0v) is 25.8. The van der Waals surface area contributed by atoms with E-state index in [9.17, 15) is 5.26 Å². The van der Waals surface area contributed by atoms with Gasteiger partial charge in [0.2, 0.25) is 0 Å². The molecule has 216 valence electrons. The normalized spacial score (nSPS) is 11.0. The minimum atomic E-state index is 0.655. The number of anilines is 3. The molecule has 7 aromatic carbocycles. The molecule has 0 saturated heterocycles.